The maximum absolute atomic E-state index is 6.11. The molecular weight excluding hydrogens is 194 g/mol. The number of rotatable bonds is 1. The second-order valence-corrected chi connectivity index (χ2v) is 4.25. The Morgan fingerprint density at radius 1 is 1.21 bits per heavy atom. The van der Waals surface area contributed by atoms with Gasteiger partial charge in [0.15, 0.2) is 0 Å². The predicted octanol–water partition coefficient (Wildman–Crippen LogP) is 3.77. The number of pyridine rings is 1. The van der Waals surface area contributed by atoms with E-state index in [9.17, 15) is 0 Å². The largest absolute Gasteiger partial charge is 0.256 e. The van der Waals surface area contributed by atoms with Gasteiger partial charge in [-0.25, -0.2) is 0 Å². The van der Waals surface area contributed by atoms with E-state index in [1.54, 1.807) is 6.20 Å². The van der Waals surface area contributed by atoms with Crippen molar-refractivity contribution in [2.24, 2.45) is 0 Å². The van der Waals surface area contributed by atoms with Crippen molar-refractivity contribution in [3.05, 3.63) is 41.0 Å². The van der Waals surface area contributed by atoms with E-state index in [-0.39, 0.29) is 0 Å². The molecular formula is C12H10ClN. The number of benzene rings is 1. The van der Waals surface area contributed by atoms with Crippen molar-refractivity contribution in [3.63, 3.8) is 0 Å². The van der Waals surface area contributed by atoms with Crippen molar-refractivity contribution in [3.8, 4) is 0 Å². The Labute approximate surface area is 87.7 Å². The maximum atomic E-state index is 6.11. The summed E-state index contributed by atoms with van der Waals surface area (Å²) in [4.78, 5) is 4.28. The van der Waals surface area contributed by atoms with Gasteiger partial charge < -0.3 is 0 Å². The molecule has 0 atom stereocenters. The topological polar surface area (TPSA) is 12.9 Å². The quantitative estimate of drug-likeness (QED) is 0.688. The van der Waals surface area contributed by atoms with Crippen LogP contribution in [-0.4, -0.2) is 4.98 Å². The molecule has 2 heteroatoms. The van der Waals surface area contributed by atoms with Crippen molar-refractivity contribution >= 4 is 22.5 Å². The summed E-state index contributed by atoms with van der Waals surface area (Å²) >= 11 is 6.11. The zero-order chi connectivity index (χ0) is 9.54. The van der Waals surface area contributed by atoms with Crippen LogP contribution in [0.3, 0.4) is 0 Å². The van der Waals surface area contributed by atoms with Gasteiger partial charge >= 0.3 is 0 Å². The van der Waals surface area contributed by atoms with Gasteiger partial charge in [0.05, 0.1) is 10.5 Å². The minimum Gasteiger partial charge on any atom is -0.256 e. The highest BCUT2D eigenvalue weighted by atomic mass is 35.5. The molecule has 1 saturated carbocycles. The molecule has 3 rings (SSSR count). The van der Waals surface area contributed by atoms with Crippen LogP contribution in [-0.2, 0) is 0 Å². The van der Waals surface area contributed by atoms with Gasteiger partial charge in [-0.2, -0.15) is 0 Å². The number of fused-ring (bicyclic) bond motifs is 1. The van der Waals surface area contributed by atoms with Gasteiger partial charge in [0, 0.05) is 11.6 Å². The summed E-state index contributed by atoms with van der Waals surface area (Å²) in [7, 11) is 0. The molecule has 0 amide bonds. The van der Waals surface area contributed by atoms with E-state index in [0.29, 0.717) is 0 Å². The van der Waals surface area contributed by atoms with E-state index in [0.717, 1.165) is 21.8 Å². The first-order valence-electron chi connectivity index (χ1n) is 4.89. The van der Waals surface area contributed by atoms with Crippen LogP contribution in [0.5, 0.6) is 0 Å². The van der Waals surface area contributed by atoms with E-state index in [4.69, 9.17) is 11.6 Å². The third-order valence-electron chi connectivity index (χ3n) is 2.76. The fourth-order valence-electron chi connectivity index (χ4n) is 1.80. The molecule has 1 aliphatic rings. The second-order valence-electron chi connectivity index (χ2n) is 3.84. The summed E-state index contributed by atoms with van der Waals surface area (Å²) in [6, 6.07) is 8.26. The molecule has 0 N–H and O–H groups in total. The number of halogens is 1. The Bertz CT molecular complexity index is 489. The molecule has 1 fully saturated rings. The Balaban J connectivity index is 2.25. The molecule has 70 valence electrons. The average Bonchev–Trinajstić information content (AvgIpc) is 3.01. The fraction of sp³-hybridized carbons (Fsp3) is 0.250. The third kappa shape index (κ3) is 1.28. The van der Waals surface area contributed by atoms with Crippen LogP contribution in [0.4, 0.5) is 0 Å². The van der Waals surface area contributed by atoms with Crippen LogP contribution >= 0.6 is 11.6 Å². The van der Waals surface area contributed by atoms with E-state index >= 15 is 0 Å². The lowest BCUT2D eigenvalue weighted by Crippen LogP contribution is -1.83. The summed E-state index contributed by atoms with van der Waals surface area (Å²) in [6.45, 7) is 0. The molecule has 0 unspecified atom stereocenters. The van der Waals surface area contributed by atoms with Crippen molar-refractivity contribution < 1.29 is 0 Å². The highest BCUT2D eigenvalue weighted by Crippen LogP contribution is 2.41. The number of nitrogens with zero attached hydrogens (tertiary/aromatic N) is 1. The van der Waals surface area contributed by atoms with Crippen LogP contribution in [0.2, 0.25) is 5.02 Å². The molecule has 2 aromatic rings. The van der Waals surface area contributed by atoms with Crippen molar-refractivity contribution in [2.45, 2.75) is 18.8 Å². The number of hydrogen-bond donors (Lipinski definition) is 0. The van der Waals surface area contributed by atoms with Gasteiger partial charge in [-0.3, -0.25) is 4.98 Å². The Morgan fingerprint density at radius 2 is 2.07 bits per heavy atom. The lowest BCUT2D eigenvalue weighted by atomic mass is 10.1. The molecule has 0 spiro atoms. The molecule has 14 heavy (non-hydrogen) atoms. The van der Waals surface area contributed by atoms with Crippen molar-refractivity contribution in [2.75, 3.05) is 0 Å². The highest BCUT2D eigenvalue weighted by molar-refractivity contribution is 6.35. The molecule has 0 radical (unpaired) electrons. The lowest BCUT2D eigenvalue weighted by molar-refractivity contribution is 1.13. The van der Waals surface area contributed by atoms with E-state index in [1.165, 1.54) is 18.4 Å². The molecule has 1 aromatic heterocycles. The molecule has 0 saturated heterocycles. The van der Waals surface area contributed by atoms with Gasteiger partial charge in [0.1, 0.15) is 0 Å². The summed E-state index contributed by atoms with van der Waals surface area (Å²) in [5.41, 5.74) is 2.40. The maximum Gasteiger partial charge on any atom is 0.0717 e. The van der Waals surface area contributed by atoms with Crippen LogP contribution < -0.4 is 0 Å². The normalized spacial score (nSPS) is 16.1. The zero-order valence-corrected chi connectivity index (χ0v) is 8.46. The highest BCUT2D eigenvalue weighted by Gasteiger charge is 2.23. The van der Waals surface area contributed by atoms with Crippen LogP contribution in [0, 0.1) is 0 Å². The Hall–Kier alpha value is -1.08. The van der Waals surface area contributed by atoms with E-state index in [2.05, 4.69) is 23.2 Å². The van der Waals surface area contributed by atoms with Crippen molar-refractivity contribution in [1.29, 1.82) is 0 Å². The Kier molecular flexibility index (Phi) is 1.74. The second kappa shape index (κ2) is 2.96. The molecule has 0 aliphatic heterocycles. The summed E-state index contributed by atoms with van der Waals surface area (Å²) in [5, 5.41) is 1.89. The van der Waals surface area contributed by atoms with Gasteiger partial charge in [-0.15, -0.1) is 0 Å². The van der Waals surface area contributed by atoms with Crippen LogP contribution in [0.1, 0.15) is 24.3 Å². The van der Waals surface area contributed by atoms with Crippen LogP contribution in [0.15, 0.2) is 30.5 Å². The van der Waals surface area contributed by atoms with Gasteiger partial charge in [0.25, 0.3) is 0 Å². The van der Waals surface area contributed by atoms with Gasteiger partial charge in [-0.05, 0) is 42.5 Å². The SMILES string of the molecule is Clc1ccnc2ccc(C3CC3)cc12. The van der Waals surface area contributed by atoms with Gasteiger partial charge in [0.2, 0.25) is 0 Å². The van der Waals surface area contributed by atoms with E-state index in [1.807, 2.05) is 6.07 Å². The van der Waals surface area contributed by atoms with Crippen LogP contribution in [0.25, 0.3) is 10.9 Å². The molecule has 1 aliphatic carbocycles. The molecule has 1 nitrogen and oxygen atoms in total. The zero-order valence-electron chi connectivity index (χ0n) is 7.70. The summed E-state index contributed by atoms with van der Waals surface area (Å²) in [6.07, 6.45) is 4.40. The van der Waals surface area contributed by atoms with Gasteiger partial charge in [-0.1, -0.05) is 17.7 Å². The number of hydrogen-bond acceptors (Lipinski definition) is 1. The summed E-state index contributed by atoms with van der Waals surface area (Å²) in [5.74, 6) is 0.774. The average molecular weight is 204 g/mol. The standard InChI is InChI=1S/C12H10ClN/c13-11-5-6-14-12-4-3-9(7-10(11)12)8-1-2-8/h3-8H,1-2H2. The first-order chi connectivity index (χ1) is 6.84. The molecule has 1 aromatic carbocycles. The number of aromatic nitrogens is 1. The first kappa shape index (κ1) is 8.25. The lowest BCUT2D eigenvalue weighted by Gasteiger charge is -2.02. The summed E-state index contributed by atoms with van der Waals surface area (Å²) < 4.78 is 0. The molecule has 1 heterocycles. The fourth-order valence-corrected chi connectivity index (χ4v) is 2.01. The predicted molar refractivity (Wildman–Crippen MR) is 58.7 cm³/mol. The first-order valence-corrected chi connectivity index (χ1v) is 5.26. The third-order valence-corrected chi connectivity index (χ3v) is 3.09. The minimum atomic E-state index is 0.774. The Morgan fingerprint density at radius 3 is 2.86 bits per heavy atom. The minimum absolute atomic E-state index is 0.774. The van der Waals surface area contributed by atoms with E-state index < -0.39 is 0 Å². The molecule has 0 bridgehead atoms. The monoisotopic (exact) mass is 203 g/mol. The smallest absolute Gasteiger partial charge is 0.0717 e. The van der Waals surface area contributed by atoms with Crippen molar-refractivity contribution in [1.82, 2.24) is 4.98 Å².